The molecule has 0 aromatic heterocycles. The Morgan fingerprint density at radius 1 is 0.947 bits per heavy atom. The molecule has 0 bridgehead atoms. The van der Waals surface area contributed by atoms with Gasteiger partial charge in [0.1, 0.15) is 0 Å². The molecule has 0 spiro atoms. The number of carbonyl (C=O) groups excluding carboxylic acids is 1. The first kappa shape index (κ1) is 18.4. The average molecular weight is 273 g/mol. The lowest BCUT2D eigenvalue weighted by Crippen LogP contribution is -2.39. The topological polar surface area (TPSA) is 38.8 Å². The fourth-order valence-corrected chi connectivity index (χ4v) is 1.66. The Labute approximate surface area is 118 Å². The second-order valence-electron chi connectivity index (χ2n) is 4.86. The summed E-state index contributed by atoms with van der Waals surface area (Å²) in [6, 6.07) is 0. The van der Waals surface area contributed by atoms with Crippen LogP contribution in [-0.4, -0.2) is 50.3 Å². The SMILES string of the molecule is CCCOCCN(CCOCCC)C(=O)C(C)CC. The zero-order chi connectivity index (χ0) is 14.5. The van der Waals surface area contributed by atoms with Gasteiger partial charge in [0, 0.05) is 32.2 Å². The summed E-state index contributed by atoms with van der Waals surface area (Å²) in [4.78, 5) is 14.1. The van der Waals surface area contributed by atoms with Crippen LogP contribution in [0.4, 0.5) is 0 Å². The van der Waals surface area contributed by atoms with Gasteiger partial charge in [-0.15, -0.1) is 0 Å². The Kier molecular flexibility index (Phi) is 12.0. The van der Waals surface area contributed by atoms with Crippen LogP contribution in [0.15, 0.2) is 0 Å². The van der Waals surface area contributed by atoms with Gasteiger partial charge in [-0.2, -0.15) is 0 Å². The highest BCUT2D eigenvalue weighted by atomic mass is 16.5. The number of hydrogen-bond donors (Lipinski definition) is 0. The number of carbonyl (C=O) groups is 1. The zero-order valence-electron chi connectivity index (χ0n) is 13.1. The second-order valence-corrected chi connectivity index (χ2v) is 4.86. The number of amides is 1. The van der Waals surface area contributed by atoms with Crippen LogP contribution in [0.2, 0.25) is 0 Å². The van der Waals surface area contributed by atoms with Gasteiger partial charge in [0.25, 0.3) is 0 Å². The van der Waals surface area contributed by atoms with Gasteiger partial charge < -0.3 is 14.4 Å². The van der Waals surface area contributed by atoms with Crippen molar-refractivity contribution in [2.75, 3.05) is 39.5 Å². The summed E-state index contributed by atoms with van der Waals surface area (Å²) in [7, 11) is 0. The van der Waals surface area contributed by atoms with Crippen molar-refractivity contribution in [2.24, 2.45) is 5.92 Å². The highest BCUT2D eigenvalue weighted by Gasteiger charge is 2.18. The van der Waals surface area contributed by atoms with Crippen molar-refractivity contribution in [3.05, 3.63) is 0 Å². The molecule has 0 saturated carbocycles. The van der Waals surface area contributed by atoms with Crippen LogP contribution >= 0.6 is 0 Å². The summed E-state index contributed by atoms with van der Waals surface area (Å²) in [5.41, 5.74) is 0. The van der Waals surface area contributed by atoms with E-state index in [0.29, 0.717) is 26.3 Å². The van der Waals surface area contributed by atoms with E-state index in [2.05, 4.69) is 13.8 Å². The van der Waals surface area contributed by atoms with Crippen LogP contribution in [0.25, 0.3) is 0 Å². The summed E-state index contributed by atoms with van der Waals surface area (Å²) < 4.78 is 10.9. The van der Waals surface area contributed by atoms with Crippen molar-refractivity contribution in [1.82, 2.24) is 4.90 Å². The van der Waals surface area contributed by atoms with E-state index in [9.17, 15) is 4.79 Å². The Hall–Kier alpha value is -0.610. The Morgan fingerprint density at radius 2 is 1.42 bits per heavy atom. The van der Waals surface area contributed by atoms with Crippen LogP contribution < -0.4 is 0 Å². The molecule has 1 amide bonds. The molecule has 0 aliphatic carbocycles. The molecule has 0 aliphatic heterocycles. The van der Waals surface area contributed by atoms with Crippen LogP contribution in [0.5, 0.6) is 0 Å². The van der Waals surface area contributed by atoms with Gasteiger partial charge in [-0.3, -0.25) is 4.79 Å². The smallest absolute Gasteiger partial charge is 0.225 e. The molecule has 19 heavy (non-hydrogen) atoms. The Morgan fingerprint density at radius 3 is 1.79 bits per heavy atom. The van der Waals surface area contributed by atoms with Gasteiger partial charge in [0.2, 0.25) is 5.91 Å². The summed E-state index contributed by atoms with van der Waals surface area (Å²) in [6.45, 7) is 12.3. The van der Waals surface area contributed by atoms with Gasteiger partial charge in [-0.25, -0.2) is 0 Å². The predicted molar refractivity (Wildman–Crippen MR) is 78.3 cm³/mol. The molecule has 1 unspecified atom stereocenters. The van der Waals surface area contributed by atoms with E-state index >= 15 is 0 Å². The van der Waals surface area contributed by atoms with Crippen molar-refractivity contribution < 1.29 is 14.3 Å². The summed E-state index contributed by atoms with van der Waals surface area (Å²) in [5, 5.41) is 0. The normalized spacial score (nSPS) is 12.4. The van der Waals surface area contributed by atoms with Gasteiger partial charge >= 0.3 is 0 Å². The van der Waals surface area contributed by atoms with Crippen molar-refractivity contribution in [2.45, 2.75) is 47.0 Å². The molecule has 0 saturated heterocycles. The van der Waals surface area contributed by atoms with E-state index in [1.807, 2.05) is 18.7 Å². The molecule has 0 radical (unpaired) electrons. The minimum atomic E-state index is 0.0809. The van der Waals surface area contributed by atoms with E-state index in [4.69, 9.17) is 9.47 Å². The lowest BCUT2D eigenvalue weighted by atomic mass is 10.1. The predicted octanol–water partition coefficient (Wildman–Crippen LogP) is 2.71. The van der Waals surface area contributed by atoms with Crippen LogP contribution in [0, 0.1) is 5.92 Å². The lowest BCUT2D eigenvalue weighted by Gasteiger charge is -2.25. The molecule has 0 rings (SSSR count). The van der Waals surface area contributed by atoms with Crippen molar-refractivity contribution in [3.8, 4) is 0 Å². The van der Waals surface area contributed by atoms with Crippen LogP contribution in [0.3, 0.4) is 0 Å². The number of nitrogens with zero attached hydrogens (tertiary/aromatic N) is 1. The fraction of sp³-hybridized carbons (Fsp3) is 0.933. The molecular weight excluding hydrogens is 242 g/mol. The monoisotopic (exact) mass is 273 g/mol. The molecule has 4 heteroatoms. The van der Waals surface area contributed by atoms with Gasteiger partial charge in [-0.05, 0) is 19.3 Å². The van der Waals surface area contributed by atoms with Crippen LogP contribution in [0.1, 0.15) is 47.0 Å². The third kappa shape index (κ3) is 9.00. The number of ether oxygens (including phenoxy) is 2. The molecule has 0 aromatic rings. The molecule has 0 heterocycles. The Bertz CT molecular complexity index is 209. The first-order valence-corrected chi connectivity index (χ1v) is 7.61. The first-order chi connectivity index (χ1) is 9.17. The molecule has 0 N–H and O–H groups in total. The van der Waals surface area contributed by atoms with Crippen LogP contribution in [-0.2, 0) is 14.3 Å². The lowest BCUT2D eigenvalue weighted by molar-refractivity contribution is -0.136. The minimum absolute atomic E-state index is 0.0809. The first-order valence-electron chi connectivity index (χ1n) is 7.61. The van der Waals surface area contributed by atoms with Crippen molar-refractivity contribution in [3.63, 3.8) is 0 Å². The molecule has 4 nitrogen and oxygen atoms in total. The van der Waals surface area contributed by atoms with Gasteiger partial charge in [0.05, 0.1) is 13.2 Å². The number of rotatable bonds is 12. The third-order valence-electron chi connectivity index (χ3n) is 3.05. The molecular formula is C15H31NO3. The van der Waals surface area contributed by atoms with Gasteiger partial charge in [-0.1, -0.05) is 27.7 Å². The Balaban J connectivity index is 4.09. The van der Waals surface area contributed by atoms with E-state index in [1.54, 1.807) is 0 Å². The van der Waals surface area contributed by atoms with E-state index < -0.39 is 0 Å². The van der Waals surface area contributed by atoms with Crippen molar-refractivity contribution >= 4 is 5.91 Å². The average Bonchev–Trinajstić information content (AvgIpc) is 2.44. The standard InChI is InChI=1S/C15H31NO3/c1-5-10-18-12-8-16(9-13-19-11-6-2)15(17)14(4)7-3/h14H,5-13H2,1-4H3. The summed E-state index contributed by atoms with van der Waals surface area (Å²) in [5.74, 6) is 0.292. The second kappa shape index (κ2) is 12.4. The highest BCUT2D eigenvalue weighted by molar-refractivity contribution is 5.78. The molecule has 1 atom stereocenters. The zero-order valence-corrected chi connectivity index (χ0v) is 13.1. The van der Waals surface area contributed by atoms with Crippen molar-refractivity contribution in [1.29, 1.82) is 0 Å². The summed E-state index contributed by atoms with van der Waals surface area (Å²) >= 11 is 0. The quantitative estimate of drug-likeness (QED) is 0.513. The molecule has 0 fully saturated rings. The van der Waals surface area contributed by atoms with E-state index in [0.717, 1.165) is 32.5 Å². The third-order valence-corrected chi connectivity index (χ3v) is 3.05. The molecule has 0 aromatic carbocycles. The van der Waals surface area contributed by atoms with Gasteiger partial charge in [0.15, 0.2) is 0 Å². The maximum atomic E-state index is 12.2. The van der Waals surface area contributed by atoms with E-state index in [-0.39, 0.29) is 11.8 Å². The number of hydrogen-bond acceptors (Lipinski definition) is 3. The van der Waals surface area contributed by atoms with E-state index in [1.165, 1.54) is 0 Å². The fourth-order valence-electron chi connectivity index (χ4n) is 1.66. The summed E-state index contributed by atoms with van der Waals surface area (Å²) in [6.07, 6.45) is 2.90. The minimum Gasteiger partial charge on any atom is -0.380 e. The molecule has 114 valence electrons. The highest BCUT2D eigenvalue weighted by Crippen LogP contribution is 2.06. The maximum Gasteiger partial charge on any atom is 0.225 e. The maximum absolute atomic E-state index is 12.2. The molecule has 0 aliphatic rings. The largest absolute Gasteiger partial charge is 0.380 e.